The second kappa shape index (κ2) is 18.2. The van der Waals surface area contributed by atoms with Gasteiger partial charge >= 0.3 is 14.4 Å². The molecule has 3 aliphatic heterocycles. The lowest BCUT2D eigenvalue weighted by molar-refractivity contribution is 0.00578. The molecule has 0 aliphatic carbocycles. The van der Waals surface area contributed by atoms with E-state index >= 15 is 0 Å². The Morgan fingerprint density at radius 2 is 0.826 bits per heavy atom. The third-order valence-corrected chi connectivity index (χ3v) is 14.6. The van der Waals surface area contributed by atoms with Crippen molar-refractivity contribution in [2.24, 2.45) is 0 Å². The first-order valence-electron chi connectivity index (χ1n) is 24.4. The van der Waals surface area contributed by atoms with Crippen molar-refractivity contribution in [2.75, 3.05) is 13.2 Å². The Kier molecular flexibility index (Phi) is 12.4. The molecule has 2 aromatic heterocycles. The van der Waals surface area contributed by atoms with Crippen molar-refractivity contribution in [1.82, 2.24) is 0 Å². The number of furan rings is 2. The van der Waals surface area contributed by atoms with Crippen LogP contribution in [0.5, 0.6) is 0 Å². The first-order chi connectivity index (χ1) is 33.0. The number of hydrogen-bond acceptors (Lipinski definition) is 8. The molecule has 0 amide bonds. The summed E-state index contributed by atoms with van der Waals surface area (Å²) in [6.07, 6.45) is 2.68. The van der Waals surface area contributed by atoms with Crippen LogP contribution in [0.2, 0.25) is 0 Å². The maximum atomic E-state index is 6.53. The highest BCUT2D eigenvalue weighted by Crippen LogP contribution is 2.41. The van der Waals surface area contributed by atoms with Crippen molar-refractivity contribution in [3.63, 3.8) is 0 Å². The molecule has 13 rings (SSSR count). The van der Waals surface area contributed by atoms with E-state index < -0.39 is 25.6 Å². The van der Waals surface area contributed by atoms with Crippen LogP contribution in [0.3, 0.4) is 0 Å². The standard InChI is InChI=1S/C26H23BO3.C20H12O.C9H19BO3.C4H8O/c1-25(2)26(3,4)30-27(29-25)22-11-7-10-19-21-15-14-18-17-9-6-5-8-16(17)12-13-20(18)23(21)28-24(19)22;1-2-6-14-13(5-1)9-10-17-15(14)11-12-18-16-7-3-4-8-19(16)21-20(17)18;1-7(2)11-10-12-8(3,4)9(5,6)13-10;1-2-4-5-3-1/h5-15H,1-4H3;1-12H;7H,1-6H3;1-4H2. The van der Waals surface area contributed by atoms with E-state index in [1.54, 1.807) is 0 Å². The maximum absolute atomic E-state index is 6.53. The van der Waals surface area contributed by atoms with Gasteiger partial charge in [0.15, 0.2) is 0 Å². The fourth-order valence-electron chi connectivity index (χ4n) is 9.37. The highest BCUT2D eigenvalue weighted by molar-refractivity contribution is 6.65. The van der Waals surface area contributed by atoms with Gasteiger partial charge in [0.2, 0.25) is 0 Å². The van der Waals surface area contributed by atoms with Gasteiger partial charge in [0.05, 0.1) is 22.4 Å². The Labute approximate surface area is 405 Å². The van der Waals surface area contributed by atoms with Gasteiger partial charge in [0.1, 0.15) is 22.3 Å². The minimum atomic E-state index is -0.523. The summed E-state index contributed by atoms with van der Waals surface area (Å²) in [4.78, 5) is 0. The molecule has 352 valence electrons. The van der Waals surface area contributed by atoms with Gasteiger partial charge < -0.3 is 36.8 Å². The molecule has 0 saturated carbocycles. The molecular weight excluding hydrogens is 858 g/mol. The quantitative estimate of drug-likeness (QED) is 0.128. The van der Waals surface area contributed by atoms with Crippen LogP contribution in [-0.4, -0.2) is 56.2 Å². The molecule has 3 aliphatic rings. The van der Waals surface area contributed by atoms with Crippen molar-refractivity contribution < 1.29 is 36.8 Å². The molecule has 0 radical (unpaired) electrons. The summed E-state index contributed by atoms with van der Waals surface area (Å²) in [6, 6.07) is 48.8. The zero-order valence-corrected chi connectivity index (χ0v) is 41.6. The Hall–Kier alpha value is -5.71. The normalized spacial score (nSPS) is 18.1. The van der Waals surface area contributed by atoms with Gasteiger partial charge in [-0.3, -0.25) is 0 Å². The van der Waals surface area contributed by atoms with Crippen LogP contribution in [-0.2, 0) is 28.0 Å². The number of rotatable bonds is 3. The van der Waals surface area contributed by atoms with Crippen LogP contribution in [0.4, 0.5) is 0 Å². The number of fused-ring (bicyclic) bond motifs is 14. The summed E-state index contributed by atoms with van der Waals surface area (Å²) in [5.41, 5.74) is 3.25. The van der Waals surface area contributed by atoms with Crippen molar-refractivity contribution in [1.29, 1.82) is 0 Å². The first-order valence-corrected chi connectivity index (χ1v) is 24.4. The molecule has 10 aromatic rings. The monoisotopic (exact) mass is 920 g/mol. The summed E-state index contributed by atoms with van der Waals surface area (Å²) in [5.74, 6) is 0. The van der Waals surface area contributed by atoms with Crippen molar-refractivity contribution >= 4 is 107 Å². The first kappa shape index (κ1) is 47.0. The second-order valence-corrected chi connectivity index (χ2v) is 20.7. The predicted octanol–water partition coefficient (Wildman–Crippen LogP) is 14.9. The van der Waals surface area contributed by atoms with Crippen LogP contribution in [0.25, 0.3) is 87.0 Å². The molecule has 0 unspecified atom stereocenters. The van der Waals surface area contributed by atoms with Crippen LogP contribution in [0.15, 0.2) is 148 Å². The third kappa shape index (κ3) is 8.81. The minimum Gasteiger partial charge on any atom is -0.456 e. The SMILES string of the molecule is C1CCOC1.CC(C)OB1OC(C)(C)C(C)(C)O1.CC1(C)OB(c2cccc3c2oc2c3ccc3c4ccccc4ccc32)OC1(C)C.c1ccc2c(c1)ccc1c2ccc2c3ccccc3oc21. The molecule has 3 fully saturated rings. The second-order valence-electron chi connectivity index (χ2n) is 20.7. The maximum Gasteiger partial charge on any atom is 0.640 e. The summed E-state index contributed by atoms with van der Waals surface area (Å²) in [6.45, 7) is 22.3. The molecule has 0 atom stereocenters. The van der Waals surface area contributed by atoms with Gasteiger partial charge in [0.25, 0.3) is 0 Å². The Morgan fingerprint density at radius 1 is 0.406 bits per heavy atom. The molecule has 0 bridgehead atoms. The van der Waals surface area contributed by atoms with E-state index in [9.17, 15) is 0 Å². The van der Waals surface area contributed by atoms with Crippen LogP contribution in [0, 0.1) is 0 Å². The van der Waals surface area contributed by atoms with Crippen LogP contribution in [0.1, 0.15) is 82.1 Å². The molecule has 5 heterocycles. The lowest BCUT2D eigenvalue weighted by atomic mass is 9.78. The van der Waals surface area contributed by atoms with Crippen molar-refractivity contribution in [3.05, 3.63) is 140 Å². The molecule has 0 spiro atoms. The molecule has 8 nitrogen and oxygen atoms in total. The van der Waals surface area contributed by atoms with E-state index in [1.807, 2.05) is 59.7 Å². The molecular formula is C59H62B2O8. The highest BCUT2D eigenvalue weighted by atomic mass is 16.8. The summed E-state index contributed by atoms with van der Waals surface area (Å²) in [5, 5.41) is 14.4. The highest BCUT2D eigenvalue weighted by Gasteiger charge is 2.54. The average molecular weight is 921 g/mol. The number of benzene rings is 8. The topological polar surface area (TPSA) is 81.7 Å². The Bertz CT molecular complexity index is 3450. The zero-order chi connectivity index (χ0) is 48.3. The van der Waals surface area contributed by atoms with Gasteiger partial charge in [-0.1, -0.05) is 109 Å². The Morgan fingerprint density at radius 3 is 1.36 bits per heavy atom. The lowest BCUT2D eigenvalue weighted by Gasteiger charge is -2.32. The largest absolute Gasteiger partial charge is 0.640 e. The van der Waals surface area contributed by atoms with Gasteiger partial charge in [0, 0.05) is 57.1 Å². The van der Waals surface area contributed by atoms with E-state index in [2.05, 4.69) is 149 Å². The molecule has 8 aromatic carbocycles. The summed E-state index contributed by atoms with van der Waals surface area (Å²) >= 11 is 0. The van der Waals surface area contributed by atoms with Crippen LogP contribution >= 0.6 is 0 Å². The van der Waals surface area contributed by atoms with E-state index in [0.29, 0.717) is 0 Å². The van der Waals surface area contributed by atoms with Gasteiger partial charge in [-0.05, 0) is 145 Å². The number of ether oxygens (including phenoxy) is 1. The van der Waals surface area contributed by atoms with E-state index in [0.717, 1.165) is 57.2 Å². The molecule has 3 saturated heterocycles. The Balaban J connectivity index is 0.000000123. The number of hydrogen-bond donors (Lipinski definition) is 0. The minimum absolute atomic E-state index is 0.120. The van der Waals surface area contributed by atoms with Gasteiger partial charge in [-0.25, -0.2) is 0 Å². The third-order valence-electron chi connectivity index (χ3n) is 14.6. The van der Waals surface area contributed by atoms with E-state index in [-0.39, 0.29) is 17.3 Å². The van der Waals surface area contributed by atoms with E-state index in [4.69, 9.17) is 36.8 Å². The molecule has 0 N–H and O–H groups in total. The fourth-order valence-corrected chi connectivity index (χ4v) is 9.37. The smallest absolute Gasteiger partial charge is 0.456 e. The number of para-hydroxylation sites is 2. The van der Waals surface area contributed by atoms with Gasteiger partial charge in [-0.15, -0.1) is 0 Å². The van der Waals surface area contributed by atoms with Crippen molar-refractivity contribution in [3.8, 4) is 0 Å². The fraction of sp³-hybridized carbons (Fsp3) is 0.322. The van der Waals surface area contributed by atoms with Crippen molar-refractivity contribution in [2.45, 2.75) is 111 Å². The van der Waals surface area contributed by atoms with Crippen LogP contribution < -0.4 is 5.46 Å². The van der Waals surface area contributed by atoms with E-state index in [1.165, 1.54) is 61.3 Å². The molecule has 69 heavy (non-hydrogen) atoms. The predicted molar refractivity (Wildman–Crippen MR) is 286 cm³/mol. The van der Waals surface area contributed by atoms with Gasteiger partial charge in [-0.2, -0.15) is 0 Å². The average Bonchev–Trinajstić information content (AvgIpc) is 4.16. The zero-order valence-electron chi connectivity index (χ0n) is 41.6. The summed E-state index contributed by atoms with van der Waals surface area (Å²) in [7, 11) is -0.976. The summed E-state index contributed by atoms with van der Waals surface area (Å²) < 4.78 is 46.9. The molecule has 10 heteroatoms. The lowest BCUT2D eigenvalue weighted by Crippen LogP contribution is -2.41.